The number of hydrogen-bond acceptors (Lipinski definition) is 4. The average molecular weight is 266 g/mol. The molecule has 0 bridgehead atoms. The molecule has 4 nitrogen and oxygen atoms in total. The first-order chi connectivity index (χ1) is 9.65. The maximum Gasteiger partial charge on any atom is 0.234 e. The SMILES string of the molecule is O=CC(=O)c1ccccc1C(=O)C(=O)c1ccccc1. The molecule has 2 rings (SSSR count). The fraction of sp³-hybridized carbons (Fsp3) is 0. The number of ketones is 3. The molecule has 0 radical (unpaired) electrons. The summed E-state index contributed by atoms with van der Waals surface area (Å²) in [7, 11) is 0. The van der Waals surface area contributed by atoms with Gasteiger partial charge in [-0.1, -0.05) is 54.6 Å². The second-order valence-electron chi connectivity index (χ2n) is 4.05. The molecule has 0 aromatic heterocycles. The first-order valence-corrected chi connectivity index (χ1v) is 5.87. The Morgan fingerprint density at radius 3 is 1.85 bits per heavy atom. The van der Waals surface area contributed by atoms with E-state index in [4.69, 9.17) is 0 Å². The summed E-state index contributed by atoms with van der Waals surface area (Å²) in [6.07, 6.45) is 0.124. The Morgan fingerprint density at radius 1 is 0.700 bits per heavy atom. The number of aldehydes is 1. The number of benzene rings is 2. The third kappa shape index (κ3) is 2.59. The number of carbonyl (C=O) groups excluding carboxylic acids is 4. The van der Waals surface area contributed by atoms with Crippen LogP contribution in [0.15, 0.2) is 54.6 Å². The quantitative estimate of drug-likeness (QED) is 0.472. The molecular formula is C16H10O4. The summed E-state index contributed by atoms with van der Waals surface area (Å²) in [4.78, 5) is 46.3. The van der Waals surface area contributed by atoms with Gasteiger partial charge in [0.2, 0.25) is 17.3 Å². The summed E-state index contributed by atoms with van der Waals surface area (Å²) in [6, 6.07) is 13.8. The molecule has 0 aliphatic rings. The Kier molecular flexibility index (Phi) is 3.96. The number of Topliss-reactive ketones (excluding diaryl/α,β-unsaturated/α-hetero) is 3. The van der Waals surface area contributed by atoms with Crippen LogP contribution >= 0.6 is 0 Å². The van der Waals surface area contributed by atoms with Gasteiger partial charge >= 0.3 is 0 Å². The van der Waals surface area contributed by atoms with Gasteiger partial charge in [0.25, 0.3) is 0 Å². The van der Waals surface area contributed by atoms with Crippen molar-refractivity contribution in [2.45, 2.75) is 0 Å². The lowest BCUT2D eigenvalue weighted by Crippen LogP contribution is -2.18. The highest BCUT2D eigenvalue weighted by Crippen LogP contribution is 2.13. The summed E-state index contributed by atoms with van der Waals surface area (Å²) >= 11 is 0. The molecule has 98 valence electrons. The molecule has 4 heteroatoms. The Bertz CT molecular complexity index is 687. The van der Waals surface area contributed by atoms with Gasteiger partial charge in [0, 0.05) is 16.7 Å². The van der Waals surface area contributed by atoms with E-state index >= 15 is 0 Å². The molecule has 2 aromatic carbocycles. The molecule has 20 heavy (non-hydrogen) atoms. The standard InChI is InChI=1S/C16H10O4/c17-10-14(18)12-8-4-5-9-13(12)16(20)15(19)11-6-2-1-3-7-11/h1-10H. The van der Waals surface area contributed by atoms with Gasteiger partial charge in [0.05, 0.1) is 0 Å². The summed E-state index contributed by atoms with van der Waals surface area (Å²) in [5, 5.41) is 0. The van der Waals surface area contributed by atoms with Crippen LogP contribution in [0, 0.1) is 0 Å². The predicted octanol–water partition coefficient (Wildman–Crippen LogP) is 2.13. The molecule has 0 aliphatic carbocycles. The maximum absolute atomic E-state index is 12.2. The van der Waals surface area contributed by atoms with E-state index in [2.05, 4.69) is 0 Å². The minimum atomic E-state index is -0.824. The average Bonchev–Trinajstić information content (AvgIpc) is 2.53. The molecule has 0 saturated heterocycles. The Morgan fingerprint density at radius 2 is 1.25 bits per heavy atom. The van der Waals surface area contributed by atoms with Crippen molar-refractivity contribution in [1.82, 2.24) is 0 Å². The fourth-order valence-corrected chi connectivity index (χ4v) is 1.80. The Balaban J connectivity index is 2.42. The third-order valence-corrected chi connectivity index (χ3v) is 2.79. The largest absolute Gasteiger partial charge is 0.294 e. The number of carbonyl (C=O) groups is 4. The lowest BCUT2D eigenvalue weighted by atomic mass is 9.96. The van der Waals surface area contributed by atoms with Crippen LogP contribution in [0.5, 0.6) is 0 Å². The highest BCUT2D eigenvalue weighted by molar-refractivity contribution is 6.51. The predicted molar refractivity (Wildman–Crippen MR) is 71.9 cm³/mol. The van der Waals surface area contributed by atoms with Crippen molar-refractivity contribution in [2.24, 2.45) is 0 Å². The summed E-state index contributed by atoms with van der Waals surface area (Å²) in [6.45, 7) is 0. The highest BCUT2D eigenvalue weighted by atomic mass is 16.2. The van der Waals surface area contributed by atoms with Crippen LogP contribution in [-0.4, -0.2) is 23.6 Å². The van der Waals surface area contributed by atoms with Gasteiger partial charge in [0.1, 0.15) is 0 Å². The van der Waals surface area contributed by atoms with Gasteiger partial charge in [-0.15, -0.1) is 0 Å². The normalized spacial score (nSPS) is 9.80. The third-order valence-electron chi connectivity index (χ3n) is 2.79. The van der Waals surface area contributed by atoms with Gasteiger partial charge in [-0.2, -0.15) is 0 Å². The van der Waals surface area contributed by atoms with Crippen molar-refractivity contribution in [1.29, 1.82) is 0 Å². The molecule has 0 atom stereocenters. The molecular weight excluding hydrogens is 256 g/mol. The molecule has 0 N–H and O–H groups in total. The van der Waals surface area contributed by atoms with Crippen molar-refractivity contribution in [3.63, 3.8) is 0 Å². The van der Waals surface area contributed by atoms with Crippen LogP contribution in [0.2, 0.25) is 0 Å². The lowest BCUT2D eigenvalue weighted by Gasteiger charge is -2.04. The maximum atomic E-state index is 12.2. The monoisotopic (exact) mass is 266 g/mol. The van der Waals surface area contributed by atoms with E-state index in [9.17, 15) is 19.2 Å². The van der Waals surface area contributed by atoms with Crippen molar-refractivity contribution in [2.75, 3.05) is 0 Å². The van der Waals surface area contributed by atoms with E-state index in [0.29, 0.717) is 0 Å². The zero-order valence-corrected chi connectivity index (χ0v) is 10.4. The number of hydrogen-bond donors (Lipinski definition) is 0. The van der Waals surface area contributed by atoms with E-state index in [1.54, 1.807) is 18.2 Å². The van der Waals surface area contributed by atoms with Gasteiger partial charge in [-0.05, 0) is 0 Å². The van der Waals surface area contributed by atoms with E-state index in [-0.39, 0.29) is 23.0 Å². The Hall–Kier alpha value is -2.88. The summed E-state index contributed by atoms with van der Waals surface area (Å²) in [5.41, 5.74) is 0.126. The summed E-state index contributed by atoms with van der Waals surface area (Å²) in [5.74, 6) is -2.34. The molecule has 0 amide bonds. The van der Waals surface area contributed by atoms with E-state index < -0.39 is 17.3 Å². The fourth-order valence-electron chi connectivity index (χ4n) is 1.80. The minimum absolute atomic E-state index is 0.0570. The van der Waals surface area contributed by atoms with Crippen LogP contribution in [0.25, 0.3) is 0 Å². The first kappa shape index (κ1) is 13.5. The molecule has 0 spiro atoms. The Labute approximate surface area is 115 Å². The van der Waals surface area contributed by atoms with E-state index in [1.165, 1.54) is 36.4 Å². The van der Waals surface area contributed by atoms with Crippen molar-refractivity contribution >= 4 is 23.6 Å². The highest BCUT2D eigenvalue weighted by Gasteiger charge is 2.22. The molecule has 0 fully saturated rings. The smallest absolute Gasteiger partial charge is 0.234 e. The van der Waals surface area contributed by atoms with Crippen LogP contribution in [0.3, 0.4) is 0 Å². The first-order valence-electron chi connectivity index (χ1n) is 5.87. The van der Waals surface area contributed by atoms with Crippen molar-refractivity contribution in [3.8, 4) is 0 Å². The van der Waals surface area contributed by atoms with Crippen molar-refractivity contribution in [3.05, 3.63) is 71.3 Å². The molecule has 0 saturated carbocycles. The van der Waals surface area contributed by atoms with Crippen LogP contribution in [0.4, 0.5) is 0 Å². The van der Waals surface area contributed by atoms with Gasteiger partial charge in [-0.25, -0.2) is 0 Å². The van der Waals surface area contributed by atoms with Crippen molar-refractivity contribution < 1.29 is 19.2 Å². The molecule has 0 heterocycles. The van der Waals surface area contributed by atoms with E-state index in [0.717, 1.165) is 0 Å². The zero-order valence-electron chi connectivity index (χ0n) is 10.4. The lowest BCUT2D eigenvalue weighted by molar-refractivity contribution is -0.104. The summed E-state index contributed by atoms with van der Waals surface area (Å²) < 4.78 is 0. The minimum Gasteiger partial charge on any atom is -0.294 e. The van der Waals surface area contributed by atoms with Gasteiger partial charge < -0.3 is 0 Å². The van der Waals surface area contributed by atoms with Gasteiger partial charge in [-0.3, -0.25) is 19.2 Å². The van der Waals surface area contributed by atoms with Crippen LogP contribution < -0.4 is 0 Å². The van der Waals surface area contributed by atoms with E-state index in [1.807, 2.05) is 0 Å². The van der Waals surface area contributed by atoms with Crippen LogP contribution in [0.1, 0.15) is 31.1 Å². The second kappa shape index (κ2) is 5.84. The van der Waals surface area contributed by atoms with Gasteiger partial charge in [0.15, 0.2) is 6.29 Å². The topological polar surface area (TPSA) is 68.3 Å². The molecule has 2 aromatic rings. The molecule has 0 aliphatic heterocycles. The van der Waals surface area contributed by atoms with Crippen LogP contribution in [-0.2, 0) is 4.79 Å². The zero-order chi connectivity index (χ0) is 14.5. The molecule has 0 unspecified atom stereocenters. The second-order valence-corrected chi connectivity index (χ2v) is 4.05. The number of rotatable bonds is 5.